The fourth-order valence-corrected chi connectivity index (χ4v) is 2.69. The van der Waals surface area contributed by atoms with E-state index in [1.54, 1.807) is 6.07 Å². The first-order valence-corrected chi connectivity index (χ1v) is 8.98. The molecular weight excluding hydrogens is 342 g/mol. The van der Waals surface area contributed by atoms with E-state index in [1.807, 2.05) is 62.4 Å². The smallest absolute Gasteiger partial charge is 0.269 e. The van der Waals surface area contributed by atoms with Gasteiger partial charge in [0, 0.05) is 17.7 Å². The third-order valence-electron chi connectivity index (χ3n) is 4.00. The van der Waals surface area contributed by atoms with Crippen molar-refractivity contribution in [1.29, 1.82) is 0 Å². The molecule has 6 nitrogen and oxygen atoms in total. The summed E-state index contributed by atoms with van der Waals surface area (Å²) in [6.45, 7) is 5.46. The Labute approximate surface area is 158 Å². The Morgan fingerprint density at radius 2 is 1.78 bits per heavy atom. The van der Waals surface area contributed by atoms with Crippen molar-refractivity contribution in [2.75, 3.05) is 13.2 Å². The fraction of sp³-hybridized carbons (Fsp3) is 0.238. The van der Waals surface area contributed by atoms with Crippen molar-refractivity contribution in [3.8, 4) is 22.8 Å². The highest BCUT2D eigenvalue weighted by Crippen LogP contribution is 2.22. The van der Waals surface area contributed by atoms with Crippen LogP contribution in [0.3, 0.4) is 0 Å². The molecule has 0 spiro atoms. The van der Waals surface area contributed by atoms with Crippen LogP contribution in [0.25, 0.3) is 11.3 Å². The van der Waals surface area contributed by atoms with E-state index in [2.05, 4.69) is 15.5 Å². The summed E-state index contributed by atoms with van der Waals surface area (Å²) in [4.78, 5) is 12.4. The zero-order chi connectivity index (χ0) is 19.1. The van der Waals surface area contributed by atoms with Gasteiger partial charge in [-0.2, -0.15) is 5.10 Å². The van der Waals surface area contributed by atoms with Crippen LogP contribution in [0.1, 0.15) is 29.9 Å². The van der Waals surface area contributed by atoms with Crippen molar-refractivity contribution >= 4 is 5.91 Å². The van der Waals surface area contributed by atoms with E-state index in [4.69, 9.17) is 9.47 Å². The second-order valence-electron chi connectivity index (χ2n) is 5.85. The summed E-state index contributed by atoms with van der Waals surface area (Å²) < 4.78 is 11.0. The molecule has 0 aliphatic rings. The van der Waals surface area contributed by atoms with Crippen LogP contribution in [0, 0.1) is 0 Å². The molecule has 27 heavy (non-hydrogen) atoms. The number of ether oxygens (including phenoxy) is 2. The van der Waals surface area contributed by atoms with Crippen LogP contribution in [0.15, 0.2) is 54.6 Å². The summed E-state index contributed by atoms with van der Waals surface area (Å²) in [5.41, 5.74) is 2.96. The molecule has 3 aromatic rings. The van der Waals surface area contributed by atoms with Gasteiger partial charge in [-0.25, -0.2) is 0 Å². The van der Waals surface area contributed by atoms with Gasteiger partial charge in [-0.1, -0.05) is 18.2 Å². The lowest BCUT2D eigenvalue weighted by molar-refractivity contribution is 0.0945. The molecule has 0 atom stereocenters. The van der Waals surface area contributed by atoms with Gasteiger partial charge in [0.1, 0.15) is 17.2 Å². The molecule has 0 radical (unpaired) electrons. The molecule has 2 N–H and O–H groups in total. The summed E-state index contributed by atoms with van der Waals surface area (Å²) in [6.07, 6.45) is 0. The number of hydrogen-bond donors (Lipinski definition) is 2. The summed E-state index contributed by atoms with van der Waals surface area (Å²) in [6, 6.07) is 17.0. The van der Waals surface area contributed by atoms with Gasteiger partial charge in [-0.05, 0) is 50.2 Å². The highest BCUT2D eigenvalue weighted by atomic mass is 16.5. The minimum atomic E-state index is -0.217. The summed E-state index contributed by atoms with van der Waals surface area (Å²) >= 11 is 0. The van der Waals surface area contributed by atoms with E-state index in [-0.39, 0.29) is 5.91 Å². The highest BCUT2D eigenvalue weighted by Gasteiger charge is 2.12. The van der Waals surface area contributed by atoms with Crippen LogP contribution in [-0.4, -0.2) is 29.3 Å². The van der Waals surface area contributed by atoms with E-state index < -0.39 is 0 Å². The van der Waals surface area contributed by atoms with Crippen LogP contribution in [0.2, 0.25) is 0 Å². The monoisotopic (exact) mass is 365 g/mol. The second kappa shape index (κ2) is 8.89. The fourth-order valence-electron chi connectivity index (χ4n) is 2.69. The molecule has 0 unspecified atom stereocenters. The van der Waals surface area contributed by atoms with Crippen LogP contribution in [-0.2, 0) is 6.54 Å². The van der Waals surface area contributed by atoms with E-state index >= 15 is 0 Å². The van der Waals surface area contributed by atoms with Gasteiger partial charge in [0.2, 0.25) is 0 Å². The van der Waals surface area contributed by atoms with Crippen LogP contribution < -0.4 is 14.8 Å². The average Bonchev–Trinajstić information content (AvgIpc) is 3.18. The first kappa shape index (κ1) is 18.5. The number of nitrogens with zero attached hydrogens (tertiary/aromatic N) is 1. The van der Waals surface area contributed by atoms with Gasteiger partial charge in [-0.3, -0.25) is 9.89 Å². The van der Waals surface area contributed by atoms with Crippen LogP contribution in [0.4, 0.5) is 0 Å². The topological polar surface area (TPSA) is 76.2 Å². The van der Waals surface area contributed by atoms with Gasteiger partial charge in [0.05, 0.1) is 18.9 Å². The van der Waals surface area contributed by atoms with Crippen molar-refractivity contribution in [2.45, 2.75) is 20.4 Å². The second-order valence-corrected chi connectivity index (χ2v) is 5.85. The number of para-hydroxylation sites is 1. The predicted molar refractivity (Wildman–Crippen MR) is 104 cm³/mol. The molecule has 6 heteroatoms. The standard InChI is InChI=1S/C21H23N3O3/c1-3-26-17-11-9-15(10-12-17)18-13-19(24-23-18)21(25)22-14-16-7-5-6-8-20(16)27-4-2/h5-13H,3-4,14H2,1-2H3,(H,22,25)(H,23,24). The molecule has 0 bridgehead atoms. The maximum Gasteiger partial charge on any atom is 0.269 e. The number of carbonyl (C=O) groups excluding carboxylic acids is 1. The van der Waals surface area contributed by atoms with Crippen molar-refractivity contribution in [3.63, 3.8) is 0 Å². The Morgan fingerprint density at radius 1 is 1.04 bits per heavy atom. The van der Waals surface area contributed by atoms with Crippen LogP contribution in [0.5, 0.6) is 11.5 Å². The third kappa shape index (κ3) is 4.67. The Morgan fingerprint density at radius 3 is 2.52 bits per heavy atom. The van der Waals surface area contributed by atoms with E-state index in [1.165, 1.54) is 0 Å². The molecule has 0 saturated heterocycles. The summed E-state index contributed by atoms with van der Waals surface area (Å²) in [7, 11) is 0. The molecule has 140 valence electrons. The van der Waals surface area contributed by atoms with E-state index in [9.17, 15) is 4.79 Å². The lowest BCUT2D eigenvalue weighted by Crippen LogP contribution is -2.23. The maximum atomic E-state index is 12.4. The minimum Gasteiger partial charge on any atom is -0.494 e. The molecular formula is C21H23N3O3. The Bertz CT molecular complexity index is 888. The maximum absolute atomic E-state index is 12.4. The number of hydrogen-bond acceptors (Lipinski definition) is 4. The molecule has 1 heterocycles. The zero-order valence-electron chi connectivity index (χ0n) is 15.5. The lowest BCUT2D eigenvalue weighted by atomic mass is 10.1. The highest BCUT2D eigenvalue weighted by molar-refractivity contribution is 5.93. The molecule has 0 aliphatic carbocycles. The molecule has 0 fully saturated rings. The minimum absolute atomic E-state index is 0.217. The molecule has 3 rings (SSSR count). The lowest BCUT2D eigenvalue weighted by Gasteiger charge is -2.10. The number of nitrogens with one attached hydrogen (secondary N) is 2. The van der Waals surface area contributed by atoms with Gasteiger partial charge in [0.25, 0.3) is 5.91 Å². The largest absolute Gasteiger partial charge is 0.494 e. The first-order valence-electron chi connectivity index (χ1n) is 8.98. The predicted octanol–water partition coefficient (Wildman–Crippen LogP) is 3.80. The molecule has 0 saturated carbocycles. The van der Waals surface area contributed by atoms with E-state index in [0.717, 1.165) is 22.6 Å². The van der Waals surface area contributed by atoms with Crippen molar-refractivity contribution in [2.24, 2.45) is 0 Å². The third-order valence-corrected chi connectivity index (χ3v) is 4.00. The average molecular weight is 365 g/mol. The number of aromatic amines is 1. The van der Waals surface area contributed by atoms with Gasteiger partial charge in [0.15, 0.2) is 0 Å². The number of rotatable bonds is 8. The molecule has 1 amide bonds. The number of aromatic nitrogens is 2. The first-order chi connectivity index (χ1) is 13.2. The number of H-pyrrole nitrogens is 1. The SMILES string of the molecule is CCOc1ccc(-c2cc(C(=O)NCc3ccccc3OCC)[nH]n2)cc1. The van der Waals surface area contributed by atoms with Crippen molar-refractivity contribution < 1.29 is 14.3 Å². The molecule has 2 aromatic carbocycles. The van der Waals surface area contributed by atoms with Crippen molar-refractivity contribution in [3.05, 3.63) is 65.9 Å². The Balaban J connectivity index is 1.65. The van der Waals surface area contributed by atoms with E-state index in [0.29, 0.717) is 31.1 Å². The summed E-state index contributed by atoms with van der Waals surface area (Å²) in [5, 5.41) is 9.92. The quantitative estimate of drug-likeness (QED) is 0.636. The number of amides is 1. The number of carbonyl (C=O) groups is 1. The summed E-state index contributed by atoms with van der Waals surface area (Å²) in [5.74, 6) is 1.37. The van der Waals surface area contributed by atoms with Gasteiger partial charge in [-0.15, -0.1) is 0 Å². The number of benzene rings is 2. The zero-order valence-corrected chi connectivity index (χ0v) is 15.5. The van der Waals surface area contributed by atoms with Crippen LogP contribution >= 0.6 is 0 Å². The Hall–Kier alpha value is -3.28. The Kier molecular flexibility index (Phi) is 6.10. The van der Waals surface area contributed by atoms with Gasteiger partial charge >= 0.3 is 0 Å². The molecule has 0 aliphatic heterocycles. The van der Waals surface area contributed by atoms with Crippen molar-refractivity contribution in [1.82, 2.24) is 15.5 Å². The van der Waals surface area contributed by atoms with Gasteiger partial charge < -0.3 is 14.8 Å². The normalized spacial score (nSPS) is 10.4. The molecule has 1 aromatic heterocycles.